The van der Waals surface area contributed by atoms with E-state index in [9.17, 15) is 13.2 Å². The summed E-state index contributed by atoms with van der Waals surface area (Å²) < 4.78 is 25.8. The van der Waals surface area contributed by atoms with E-state index in [1.807, 2.05) is 4.72 Å². The van der Waals surface area contributed by atoms with Crippen molar-refractivity contribution in [3.8, 4) is 0 Å². The summed E-state index contributed by atoms with van der Waals surface area (Å²) in [6.07, 6.45) is 2.34. The Morgan fingerprint density at radius 2 is 2.13 bits per heavy atom. The van der Waals surface area contributed by atoms with Crippen molar-refractivity contribution in [2.24, 2.45) is 11.3 Å². The maximum Gasteiger partial charge on any atom is 0.303 e. The smallest absolute Gasteiger partial charge is 0.273 e. The Morgan fingerprint density at radius 1 is 1.60 bits per heavy atom. The van der Waals surface area contributed by atoms with Crippen molar-refractivity contribution in [3.63, 3.8) is 0 Å². The molecule has 15 heavy (non-hydrogen) atoms. The van der Waals surface area contributed by atoms with E-state index in [0.29, 0.717) is 6.42 Å². The topological polar surface area (TPSA) is 66.5 Å². The van der Waals surface area contributed by atoms with Gasteiger partial charge in [0.25, 0.3) is 0 Å². The predicted octanol–water partition coefficient (Wildman–Crippen LogP) is 0.121. The van der Waals surface area contributed by atoms with Gasteiger partial charge in [-0.05, 0) is 12.3 Å². The van der Waals surface area contributed by atoms with Crippen LogP contribution in [0.15, 0.2) is 12.7 Å². The third-order valence-electron chi connectivity index (χ3n) is 2.81. The molecule has 5 nitrogen and oxygen atoms in total. The molecule has 0 heterocycles. The molecule has 0 aromatic rings. The molecule has 0 saturated heterocycles. The fourth-order valence-corrected chi connectivity index (χ4v) is 1.98. The van der Waals surface area contributed by atoms with E-state index in [0.717, 1.165) is 4.31 Å². The van der Waals surface area contributed by atoms with E-state index < -0.39 is 21.5 Å². The molecule has 0 bridgehead atoms. The van der Waals surface area contributed by atoms with Crippen molar-refractivity contribution in [3.05, 3.63) is 12.7 Å². The Bertz CT molecular complexity index is 388. The van der Waals surface area contributed by atoms with Crippen molar-refractivity contribution in [2.45, 2.75) is 13.3 Å². The van der Waals surface area contributed by atoms with E-state index in [1.54, 1.807) is 13.0 Å². The maximum atomic E-state index is 11.7. The molecule has 86 valence electrons. The first kappa shape index (κ1) is 12.2. The molecule has 0 spiro atoms. The maximum absolute atomic E-state index is 11.7. The highest BCUT2D eigenvalue weighted by atomic mass is 32.2. The summed E-state index contributed by atoms with van der Waals surface area (Å²) >= 11 is 0. The summed E-state index contributed by atoms with van der Waals surface area (Å²) in [6, 6.07) is 0. The van der Waals surface area contributed by atoms with E-state index in [4.69, 9.17) is 0 Å². The van der Waals surface area contributed by atoms with Crippen molar-refractivity contribution < 1.29 is 13.2 Å². The zero-order valence-corrected chi connectivity index (χ0v) is 9.97. The molecule has 1 aliphatic carbocycles. The summed E-state index contributed by atoms with van der Waals surface area (Å²) in [5.41, 5.74) is -0.606. The molecular weight excluding hydrogens is 216 g/mol. The lowest BCUT2D eigenvalue weighted by Gasteiger charge is -2.15. The van der Waals surface area contributed by atoms with Crippen molar-refractivity contribution in [1.29, 1.82) is 0 Å². The minimum atomic E-state index is -3.67. The van der Waals surface area contributed by atoms with Gasteiger partial charge >= 0.3 is 10.2 Å². The van der Waals surface area contributed by atoms with E-state index in [-0.39, 0.29) is 5.92 Å². The molecule has 1 amide bonds. The summed E-state index contributed by atoms with van der Waals surface area (Å²) in [5, 5.41) is 0. The van der Waals surface area contributed by atoms with Gasteiger partial charge in [0.2, 0.25) is 5.91 Å². The molecule has 0 aliphatic heterocycles. The van der Waals surface area contributed by atoms with Crippen LogP contribution in [-0.2, 0) is 15.0 Å². The van der Waals surface area contributed by atoms with Crippen molar-refractivity contribution in [1.82, 2.24) is 9.03 Å². The highest BCUT2D eigenvalue weighted by Crippen LogP contribution is 2.53. The number of nitrogens with zero attached hydrogens (tertiary/aromatic N) is 1. The number of hydrogen-bond acceptors (Lipinski definition) is 3. The van der Waals surface area contributed by atoms with Crippen LogP contribution >= 0.6 is 0 Å². The number of allylic oxidation sites excluding steroid dienone is 1. The number of amides is 1. The first-order valence-electron chi connectivity index (χ1n) is 4.61. The second-order valence-electron chi connectivity index (χ2n) is 4.18. The summed E-state index contributed by atoms with van der Waals surface area (Å²) in [6.45, 7) is 5.33. The van der Waals surface area contributed by atoms with Crippen molar-refractivity contribution in [2.75, 3.05) is 14.1 Å². The normalized spacial score (nSPS) is 30.0. The van der Waals surface area contributed by atoms with Crippen LogP contribution in [0.4, 0.5) is 0 Å². The Morgan fingerprint density at radius 3 is 2.47 bits per heavy atom. The standard InChI is InChI=1S/C9H16N2O3S/c1-5-7-6-9(7,2)8(12)10-15(13,14)11(3)4/h5,7H,1,6H2,2-4H3,(H,10,12)/t7-,9+/m1/s1. The molecule has 0 radical (unpaired) electrons. The summed E-state index contributed by atoms with van der Waals surface area (Å²) in [5.74, 6) is -0.379. The molecule has 1 rings (SSSR count). The fourth-order valence-electron chi connectivity index (χ4n) is 1.33. The lowest BCUT2D eigenvalue weighted by Crippen LogP contribution is -2.42. The summed E-state index contributed by atoms with van der Waals surface area (Å²) in [7, 11) is -0.931. The quantitative estimate of drug-likeness (QED) is 0.700. The predicted molar refractivity (Wildman–Crippen MR) is 57.2 cm³/mol. The van der Waals surface area contributed by atoms with Crippen LogP contribution in [0.5, 0.6) is 0 Å². The molecule has 0 aromatic heterocycles. The second kappa shape index (κ2) is 3.61. The SMILES string of the molecule is C=C[C@@H]1C[C@]1(C)C(=O)NS(=O)(=O)N(C)C. The van der Waals surface area contributed by atoms with Gasteiger partial charge in [0, 0.05) is 14.1 Å². The molecule has 1 aliphatic rings. The third-order valence-corrected chi connectivity index (χ3v) is 4.21. The third kappa shape index (κ3) is 2.21. The minimum absolute atomic E-state index is 0.0786. The molecule has 1 N–H and O–H groups in total. The average molecular weight is 232 g/mol. The van der Waals surface area contributed by atoms with Gasteiger partial charge < -0.3 is 0 Å². The van der Waals surface area contributed by atoms with Crippen LogP contribution in [-0.4, -0.2) is 32.7 Å². The Kier molecular flexibility index (Phi) is 2.93. The van der Waals surface area contributed by atoms with E-state index in [2.05, 4.69) is 6.58 Å². The van der Waals surface area contributed by atoms with Crippen LogP contribution in [0.3, 0.4) is 0 Å². The van der Waals surface area contributed by atoms with Crippen LogP contribution in [0.1, 0.15) is 13.3 Å². The monoisotopic (exact) mass is 232 g/mol. The zero-order chi connectivity index (χ0) is 11.9. The summed E-state index contributed by atoms with van der Waals surface area (Å²) in [4.78, 5) is 11.7. The number of rotatable bonds is 4. The fraction of sp³-hybridized carbons (Fsp3) is 0.667. The zero-order valence-electron chi connectivity index (χ0n) is 9.15. The van der Waals surface area contributed by atoms with Gasteiger partial charge in [0.15, 0.2) is 0 Å². The first-order chi connectivity index (χ1) is 6.74. The second-order valence-corrected chi connectivity index (χ2v) is 6.07. The Labute approximate surface area is 90.3 Å². The number of hydrogen-bond donors (Lipinski definition) is 1. The molecule has 0 aromatic carbocycles. The van der Waals surface area contributed by atoms with Gasteiger partial charge in [-0.2, -0.15) is 12.7 Å². The van der Waals surface area contributed by atoms with Crippen LogP contribution in [0.25, 0.3) is 0 Å². The highest BCUT2D eigenvalue weighted by Gasteiger charge is 2.55. The van der Waals surface area contributed by atoms with E-state index >= 15 is 0 Å². The molecule has 2 atom stereocenters. The van der Waals surface area contributed by atoms with Gasteiger partial charge in [-0.1, -0.05) is 13.0 Å². The Hall–Kier alpha value is -0.880. The molecule has 1 saturated carbocycles. The molecular formula is C9H16N2O3S. The first-order valence-corrected chi connectivity index (χ1v) is 6.05. The average Bonchev–Trinajstić information content (AvgIpc) is 2.78. The van der Waals surface area contributed by atoms with E-state index in [1.165, 1.54) is 14.1 Å². The minimum Gasteiger partial charge on any atom is -0.273 e. The van der Waals surface area contributed by atoms with Crippen LogP contribution in [0.2, 0.25) is 0 Å². The van der Waals surface area contributed by atoms with Crippen LogP contribution < -0.4 is 4.72 Å². The lowest BCUT2D eigenvalue weighted by atomic mass is 10.1. The van der Waals surface area contributed by atoms with Gasteiger partial charge in [0.05, 0.1) is 5.41 Å². The lowest BCUT2D eigenvalue weighted by molar-refractivity contribution is -0.124. The van der Waals surface area contributed by atoms with Gasteiger partial charge in [-0.3, -0.25) is 4.79 Å². The number of nitrogens with one attached hydrogen (secondary N) is 1. The number of carbonyl (C=O) groups excluding carboxylic acids is 1. The van der Waals surface area contributed by atoms with Crippen LogP contribution in [0, 0.1) is 11.3 Å². The molecule has 0 unspecified atom stereocenters. The van der Waals surface area contributed by atoms with Gasteiger partial charge in [-0.15, -0.1) is 6.58 Å². The number of carbonyl (C=O) groups is 1. The largest absolute Gasteiger partial charge is 0.303 e. The Balaban J connectivity index is 2.70. The highest BCUT2D eigenvalue weighted by molar-refractivity contribution is 7.87. The van der Waals surface area contributed by atoms with Crippen molar-refractivity contribution >= 4 is 16.1 Å². The molecule has 1 fully saturated rings. The van der Waals surface area contributed by atoms with Gasteiger partial charge in [-0.25, -0.2) is 4.72 Å². The van der Waals surface area contributed by atoms with Gasteiger partial charge in [0.1, 0.15) is 0 Å². The molecule has 6 heteroatoms.